The Labute approximate surface area is 380 Å². The lowest BCUT2D eigenvalue weighted by molar-refractivity contribution is -0.622. The van der Waals surface area contributed by atoms with Gasteiger partial charge < -0.3 is 14.0 Å². The first-order valence-electron chi connectivity index (χ1n) is 18.1. The molecule has 0 aliphatic heterocycles. The van der Waals surface area contributed by atoms with Gasteiger partial charge in [-0.25, -0.2) is 27.2 Å². The minimum atomic E-state index is -4.33. The molecule has 0 fully saturated rings. The fraction of sp³-hybridized carbons (Fsp3) is 0.175. The molecular formula is C40H38Cl4N12O6S. The highest BCUT2D eigenvalue weighted by molar-refractivity contribution is 7.85. The Hall–Kier alpha value is -6.22. The normalized spacial score (nSPS) is 11.0. The highest BCUT2D eigenvalue weighted by atomic mass is 35.5. The Bertz CT molecular complexity index is 3130. The first kappa shape index (κ1) is 47.8. The maximum Gasteiger partial charge on any atom is 0.339 e. The molecule has 0 radical (unpaired) electrons. The van der Waals surface area contributed by atoms with Crippen molar-refractivity contribution in [3.63, 3.8) is 0 Å². The summed E-state index contributed by atoms with van der Waals surface area (Å²) >= 11 is 21.5. The molecule has 0 bridgehead atoms. The maximum absolute atomic E-state index is 10.8. The summed E-state index contributed by atoms with van der Waals surface area (Å²) in [4.78, 5) is 29.3. The Kier molecular flexibility index (Phi) is 16.1. The number of nitrogen functional groups attached to an aromatic ring is 2. The number of benzene rings is 1. The average Bonchev–Trinajstić information content (AvgIpc) is 3.91. The van der Waals surface area contributed by atoms with Gasteiger partial charge >= 0.3 is 17.8 Å². The molecule has 1 aromatic carbocycles. The fourth-order valence-corrected chi connectivity index (χ4v) is 7.22. The molecule has 0 atom stereocenters. The van der Waals surface area contributed by atoms with Gasteiger partial charge in [-0.1, -0.05) is 64.1 Å². The summed E-state index contributed by atoms with van der Waals surface area (Å²) in [5.41, 5.74) is 11.8. The van der Waals surface area contributed by atoms with Crippen molar-refractivity contribution in [2.75, 3.05) is 25.8 Å². The van der Waals surface area contributed by atoms with Gasteiger partial charge in [0.15, 0.2) is 22.0 Å². The predicted octanol–water partition coefficient (Wildman–Crippen LogP) is 6.34. The number of alkyl halides is 4. The molecule has 0 aliphatic carbocycles. The minimum Gasteiger partial charge on any atom is -0.744 e. The lowest BCUT2D eigenvalue weighted by Gasteiger charge is -2.14. The van der Waals surface area contributed by atoms with Gasteiger partial charge in [0, 0.05) is 47.8 Å². The third-order valence-electron chi connectivity index (χ3n) is 8.56. The molecule has 23 heteroatoms. The van der Waals surface area contributed by atoms with Gasteiger partial charge in [0.25, 0.3) is 0 Å². The molecular weight excluding hydrogens is 918 g/mol. The fourth-order valence-electron chi connectivity index (χ4n) is 5.95. The van der Waals surface area contributed by atoms with Crippen LogP contribution in [0, 0.1) is 20.8 Å². The number of carbonyl (C=O) groups excluding carboxylic acids is 1. The van der Waals surface area contributed by atoms with Crippen LogP contribution in [0.2, 0.25) is 0 Å². The van der Waals surface area contributed by atoms with Gasteiger partial charge in [-0.2, -0.15) is 4.98 Å². The first-order valence-corrected chi connectivity index (χ1v) is 21.3. The van der Waals surface area contributed by atoms with E-state index in [2.05, 4.69) is 39.9 Å². The van der Waals surface area contributed by atoms with E-state index in [1.807, 2.05) is 67.7 Å². The van der Waals surface area contributed by atoms with Gasteiger partial charge in [-0.05, 0) is 80.4 Å². The van der Waals surface area contributed by atoms with Crippen molar-refractivity contribution in [3.8, 4) is 6.01 Å². The number of esters is 1. The number of hydrogen-bond acceptors (Lipinski definition) is 15. The van der Waals surface area contributed by atoms with Gasteiger partial charge in [0.2, 0.25) is 4.84 Å². The molecule has 8 heterocycles. The highest BCUT2D eigenvalue weighted by Gasteiger charge is 2.14. The molecule has 8 aromatic heterocycles. The van der Waals surface area contributed by atoms with Crippen LogP contribution < -0.4 is 21.0 Å². The van der Waals surface area contributed by atoms with E-state index < -0.39 is 25.8 Å². The molecule has 0 spiro atoms. The van der Waals surface area contributed by atoms with Crippen LogP contribution >= 0.6 is 46.4 Å². The van der Waals surface area contributed by atoms with Crippen LogP contribution in [0.3, 0.4) is 0 Å². The first-order chi connectivity index (χ1) is 29.9. The second kappa shape index (κ2) is 21.2. The number of anilines is 1. The molecule has 328 valence electrons. The molecule has 0 saturated heterocycles. The lowest BCUT2D eigenvalue weighted by atomic mass is 10.1. The van der Waals surface area contributed by atoms with Crippen LogP contribution in [0.4, 0.5) is 5.82 Å². The number of fused-ring (bicyclic) bond motifs is 7. The highest BCUT2D eigenvalue weighted by Crippen LogP contribution is 2.24. The van der Waals surface area contributed by atoms with E-state index in [0.717, 1.165) is 43.9 Å². The molecule has 63 heavy (non-hydrogen) atoms. The van der Waals surface area contributed by atoms with Crippen molar-refractivity contribution in [3.05, 3.63) is 126 Å². The van der Waals surface area contributed by atoms with Crippen molar-refractivity contribution >= 4 is 112 Å². The van der Waals surface area contributed by atoms with E-state index >= 15 is 0 Å². The number of rotatable bonds is 4. The third kappa shape index (κ3) is 12.0. The summed E-state index contributed by atoms with van der Waals surface area (Å²) in [7, 11) is -1.56. The molecule has 18 nitrogen and oxygen atoms in total. The lowest BCUT2D eigenvalue weighted by Crippen LogP contribution is -2.46. The second-order valence-electron chi connectivity index (χ2n) is 13.0. The minimum absolute atomic E-state index is 0.0851. The summed E-state index contributed by atoms with van der Waals surface area (Å²) < 4.78 is 46.3. The summed E-state index contributed by atoms with van der Waals surface area (Å²) in [5.74, 6) is 5.86. The summed E-state index contributed by atoms with van der Waals surface area (Å²) in [6, 6.07) is 20.7. The van der Waals surface area contributed by atoms with Crippen molar-refractivity contribution in [1.82, 2.24) is 44.1 Å². The standard InChI is InChI=1S/C10H6Cl2N4.C10H8N4O.C9H12O3S.C8H8N4.C3H4Cl2O2/c11-8(12)9-14-10-6-2-1-4-13-7(6)3-5-16(10)15-9;1-15-10-12-9-7-3-2-5-11-8(7)4-6-14(9)13-10;1-6-4-7(2)9(8(3)5-6)13(10,11)12;9-8-6-2-1-4-11-7(6)3-5-12(8)10;1-7-3(6)2(4)5/h1-5,8H;2-6H,1H3;4-5H,1-3H3,(H,10,11,12);1-5,9H,10H2;2H,1H3. The number of pyridine rings is 6. The number of nitrogens with two attached hydrogens (primary N) is 2. The molecule has 0 amide bonds. The van der Waals surface area contributed by atoms with Crippen LogP contribution in [0.15, 0.2) is 109 Å². The van der Waals surface area contributed by atoms with Gasteiger partial charge in [0.05, 0.1) is 41.1 Å². The quantitative estimate of drug-likeness (QED) is 0.0643. The van der Waals surface area contributed by atoms with Crippen molar-refractivity contribution in [2.45, 2.75) is 35.3 Å². The summed E-state index contributed by atoms with van der Waals surface area (Å²) in [6.45, 7) is 5.12. The van der Waals surface area contributed by atoms with Crippen LogP contribution in [-0.2, 0) is 19.6 Å². The van der Waals surface area contributed by atoms with Crippen molar-refractivity contribution in [2.24, 2.45) is 0 Å². The zero-order chi connectivity index (χ0) is 46.0. The largest absolute Gasteiger partial charge is 0.744 e. The number of aryl methyl sites for hydroxylation is 3. The van der Waals surface area contributed by atoms with E-state index in [-0.39, 0.29) is 4.90 Å². The number of halogens is 4. The van der Waals surface area contributed by atoms with E-state index in [0.29, 0.717) is 34.4 Å². The Morgan fingerprint density at radius 3 is 1.71 bits per heavy atom. The number of methoxy groups -OCH3 is 2. The molecule has 0 unspecified atom stereocenters. The average molecular weight is 957 g/mol. The Morgan fingerprint density at radius 1 is 0.762 bits per heavy atom. The van der Waals surface area contributed by atoms with E-state index in [1.54, 1.807) is 73.1 Å². The predicted molar refractivity (Wildman–Crippen MR) is 240 cm³/mol. The maximum atomic E-state index is 10.8. The van der Waals surface area contributed by atoms with E-state index in [1.165, 1.54) is 11.8 Å². The summed E-state index contributed by atoms with van der Waals surface area (Å²) in [5, 5.41) is 11.1. The van der Waals surface area contributed by atoms with Crippen LogP contribution in [0.25, 0.3) is 44.0 Å². The van der Waals surface area contributed by atoms with Crippen molar-refractivity contribution in [1.29, 1.82) is 0 Å². The SMILES string of the molecule is COC(=O)C(Cl)Cl.COc1nc2c3cccnc3ccn2n1.Cc1cc(C)c(S(=O)(=O)[O-])c(C)c1.ClC(Cl)c1nc2c3cccnc3ccn2n1.Nc1c2cccnc2cc[n+]1N. The zero-order valence-electron chi connectivity index (χ0n) is 34.0. The zero-order valence-corrected chi connectivity index (χ0v) is 37.8. The molecule has 9 aromatic rings. The smallest absolute Gasteiger partial charge is 0.339 e. The van der Waals surface area contributed by atoms with Crippen LogP contribution in [0.1, 0.15) is 27.4 Å². The van der Waals surface area contributed by atoms with Gasteiger partial charge in [0.1, 0.15) is 16.3 Å². The number of ether oxygens (including phenoxy) is 2. The monoisotopic (exact) mass is 954 g/mol. The Morgan fingerprint density at radius 2 is 1.25 bits per heavy atom. The topological polar surface area (TPSA) is 248 Å². The van der Waals surface area contributed by atoms with E-state index in [9.17, 15) is 17.8 Å². The molecule has 0 aliphatic rings. The third-order valence-corrected chi connectivity index (χ3v) is 10.5. The molecule has 4 N–H and O–H groups in total. The number of carbonyl (C=O) groups is 1. The molecule has 9 rings (SSSR count). The number of hydrogen-bond donors (Lipinski definition) is 2. The van der Waals surface area contributed by atoms with Crippen molar-refractivity contribution < 1.29 is 31.9 Å². The van der Waals surface area contributed by atoms with E-state index in [4.69, 9.17) is 62.7 Å². The van der Waals surface area contributed by atoms with Crippen LogP contribution in [-0.4, -0.2) is 82.1 Å². The van der Waals surface area contributed by atoms with Gasteiger partial charge in [-0.3, -0.25) is 26.5 Å². The Balaban J connectivity index is 0.000000152. The van der Waals surface area contributed by atoms with Crippen LogP contribution in [0.5, 0.6) is 6.01 Å². The number of nitrogens with zero attached hydrogens (tertiary/aromatic N) is 10. The molecule has 0 saturated carbocycles. The van der Waals surface area contributed by atoms with Gasteiger partial charge in [-0.15, -0.1) is 14.9 Å². The number of aromatic nitrogens is 10. The second-order valence-corrected chi connectivity index (χ2v) is 16.5. The summed E-state index contributed by atoms with van der Waals surface area (Å²) in [6.07, 6.45) is 10.5.